The minimum Gasteiger partial charge on any atom is -0.451 e. The quantitative estimate of drug-likeness (QED) is 0.298. The largest absolute Gasteiger partial charge is 0.451 e. The van der Waals surface area contributed by atoms with Crippen molar-refractivity contribution in [2.24, 2.45) is 17.8 Å². The molecular formula is C27H30FNO4S. The lowest BCUT2D eigenvalue weighted by Gasteiger charge is -2.28. The van der Waals surface area contributed by atoms with Gasteiger partial charge in [0.25, 0.3) is 0 Å². The number of ether oxygens (including phenoxy) is 1. The summed E-state index contributed by atoms with van der Waals surface area (Å²) < 4.78 is 18.5. The second kappa shape index (κ2) is 10.7. The first-order valence-electron chi connectivity index (χ1n) is 11.8. The highest BCUT2D eigenvalue weighted by molar-refractivity contribution is 8.00. The van der Waals surface area contributed by atoms with Crippen LogP contribution in [0, 0.1) is 23.6 Å². The van der Waals surface area contributed by atoms with Gasteiger partial charge in [-0.1, -0.05) is 18.6 Å². The molecule has 5 atom stereocenters. The summed E-state index contributed by atoms with van der Waals surface area (Å²) in [5.41, 5.74) is 0.575. The van der Waals surface area contributed by atoms with Gasteiger partial charge in [0.05, 0.1) is 11.3 Å². The molecule has 0 aliphatic heterocycles. The third-order valence-corrected chi connectivity index (χ3v) is 8.14. The Morgan fingerprint density at radius 2 is 1.79 bits per heavy atom. The van der Waals surface area contributed by atoms with E-state index in [1.54, 1.807) is 24.3 Å². The number of hydrogen-bond acceptors (Lipinski definition) is 5. The van der Waals surface area contributed by atoms with Gasteiger partial charge in [0.15, 0.2) is 6.10 Å². The van der Waals surface area contributed by atoms with Gasteiger partial charge in [-0.3, -0.25) is 9.59 Å². The van der Waals surface area contributed by atoms with Crippen LogP contribution in [0.15, 0.2) is 53.4 Å². The fraction of sp³-hybridized carbons (Fsp3) is 0.444. The van der Waals surface area contributed by atoms with E-state index in [-0.39, 0.29) is 23.3 Å². The van der Waals surface area contributed by atoms with E-state index in [2.05, 4.69) is 12.2 Å². The van der Waals surface area contributed by atoms with Crippen molar-refractivity contribution in [3.8, 4) is 0 Å². The van der Waals surface area contributed by atoms with Crippen LogP contribution in [0.4, 0.5) is 4.39 Å². The van der Waals surface area contributed by atoms with E-state index in [1.807, 2.05) is 0 Å². The number of carbonyl (C=O) groups is 3. The topological polar surface area (TPSA) is 72.5 Å². The van der Waals surface area contributed by atoms with Crippen molar-refractivity contribution in [3.05, 3.63) is 65.5 Å². The van der Waals surface area contributed by atoms with Crippen molar-refractivity contribution >= 4 is 29.4 Å². The third kappa shape index (κ3) is 5.69. The molecule has 2 aromatic rings. The number of carbonyl (C=O) groups excluding carboxylic acids is 3. The maximum Gasteiger partial charge on any atom is 0.339 e. The molecule has 0 saturated heterocycles. The molecule has 2 fully saturated rings. The molecule has 2 bridgehead atoms. The average molecular weight is 484 g/mol. The molecule has 5 nitrogen and oxygen atoms in total. The van der Waals surface area contributed by atoms with Gasteiger partial charge in [-0.25, -0.2) is 9.18 Å². The average Bonchev–Trinajstić information content (AvgIpc) is 3.47. The molecule has 2 aromatic carbocycles. The monoisotopic (exact) mass is 483 g/mol. The van der Waals surface area contributed by atoms with E-state index in [1.165, 1.54) is 68.6 Å². The number of ketones is 1. The van der Waals surface area contributed by atoms with Crippen molar-refractivity contribution in [2.75, 3.05) is 5.75 Å². The maximum atomic E-state index is 13.1. The molecule has 0 spiro atoms. The summed E-state index contributed by atoms with van der Waals surface area (Å²) in [4.78, 5) is 38.5. The van der Waals surface area contributed by atoms with E-state index in [0.29, 0.717) is 16.4 Å². The summed E-state index contributed by atoms with van der Waals surface area (Å²) in [5.74, 6) is 0.787. The number of fused-ring (bicyclic) bond motifs is 2. The fourth-order valence-corrected chi connectivity index (χ4v) is 6.19. The van der Waals surface area contributed by atoms with Crippen LogP contribution in [-0.2, 0) is 9.53 Å². The summed E-state index contributed by atoms with van der Waals surface area (Å²) in [6, 6.07) is 12.2. The van der Waals surface area contributed by atoms with Crippen LogP contribution in [0.25, 0.3) is 0 Å². The minimum atomic E-state index is -1.03. The highest BCUT2D eigenvalue weighted by Gasteiger charge is 2.42. The van der Waals surface area contributed by atoms with Gasteiger partial charge in [-0.15, -0.1) is 11.8 Å². The molecule has 0 aromatic heterocycles. The second-order valence-electron chi connectivity index (χ2n) is 9.40. The lowest BCUT2D eigenvalue weighted by atomic mass is 9.84. The Kier molecular flexibility index (Phi) is 7.71. The molecule has 1 N–H and O–H groups in total. The zero-order valence-corrected chi connectivity index (χ0v) is 20.3. The van der Waals surface area contributed by atoms with Crippen LogP contribution in [0.2, 0.25) is 0 Å². The Balaban J connectivity index is 1.32. The predicted molar refractivity (Wildman–Crippen MR) is 129 cm³/mol. The summed E-state index contributed by atoms with van der Waals surface area (Å²) in [5, 5.41) is 3.15. The van der Waals surface area contributed by atoms with E-state index in [9.17, 15) is 18.8 Å². The molecule has 34 heavy (non-hydrogen) atoms. The maximum absolute atomic E-state index is 13.1. The Morgan fingerprint density at radius 3 is 2.47 bits per heavy atom. The molecular weight excluding hydrogens is 453 g/mol. The van der Waals surface area contributed by atoms with Crippen molar-refractivity contribution in [2.45, 2.75) is 56.6 Å². The Hall–Kier alpha value is -2.67. The SMILES string of the molecule is C[C@H](OC(=O)c1ccccc1SCC(=O)N[C@@H](C)[C@@H]1C[C@H]2CC[C@H]1C2)C(=O)c1ccc(F)cc1. The van der Waals surface area contributed by atoms with E-state index in [0.717, 1.165) is 11.8 Å². The van der Waals surface area contributed by atoms with Crippen molar-refractivity contribution in [3.63, 3.8) is 0 Å². The molecule has 2 aliphatic rings. The van der Waals surface area contributed by atoms with Gasteiger partial charge in [0, 0.05) is 16.5 Å². The summed E-state index contributed by atoms with van der Waals surface area (Å²) in [6.45, 7) is 3.59. The van der Waals surface area contributed by atoms with Crippen molar-refractivity contribution in [1.82, 2.24) is 5.32 Å². The van der Waals surface area contributed by atoms with Gasteiger partial charge in [0.2, 0.25) is 11.7 Å². The predicted octanol–water partition coefficient (Wildman–Crippen LogP) is 5.29. The Bertz CT molecular complexity index is 1060. The first-order valence-corrected chi connectivity index (χ1v) is 12.8. The highest BCUT2D eigenvalue weighted by atomic mass is 32.2. The van der Waals surface area contributed by atoms with Crippen LogP contribution in [0.3, 0.4) is 0 Å². The molecule has 2 saturated carbocycles. The van der Waals surface area contributed by atoms with Crippen molar-refractivity contribution in [1.29, 1.82) is 0 Å². The molecule has 4 rings (SSSR count). The molecule has 0 unspecified atom stereocenters. The summed E-state index contributed by atoms with van der Waals surface area (Å²) in [6.07, 6.45) is 4.10. The number of Topliss-reactive ketones (excluding diaryl/α,β-unsaturated/α-hetero) is 1. The van der Waals surface area contributed by atoms with Gasteiger partial charge < -0.3 is 10.1 Å². The first-order chi connectivity index (χ1) is 16.3. The smallest absolute Gasteiger partial charge is 0.339 e. The zero-order valence-electron chi connectivity index (χ0n) is 19.5. The van der Waals surface area contributed by atoms with Crippen molar-refractivity contribution < 1.29 is 23.5 Å². The second-order valence-corrected chi connectivity index (χ2v) is 10.4. The van der Waals surface area contributed by atoms with E-state index in [4.69, 9.17) is 4.74 Å². The molecule has 0 radical (unpaired) electrons. The van der Waals surface area contributed by atoms with Gasteiger partial charge in [-0.05, 0) is 87.3 Å². The molecule has 180 valence electrons. The number of nitrogens with one attached hydrogen (secondary N) is 1. The molecule has 1 amide bonds. The number of hydrogen-bond donors (Lipinski definition) is 1. The lowest BCUT2D eigenvalue weighted by molar-refractivity contribution is -0.119. The lowest BCUT2D eigenvalue weighted by Crippen LogP contribution is -2.40. The minimum absolute atomic E-state index is 0.0525. The number of halogens is 1. The Labute approximate surface area is 203 Å². The van der Waals surface area contributed by atoms with E-state index < -0.39 is 23.7 Å². The van der Waals surface area contributed by atoms with Crippen LogP contribution >= 0.6 is 11.8 Å². The van der Waals surface area contributed by atoms with Crippen LogP contribution < -0.4 is 5.32 Å². The first kappa shape index (κ1) is 24.5. The molecule has 7 heteroatoms. The number of benzene rings is 2. The Morgan fingerprint density at radius 1 is 1.06 bits per heavy atom. The molecule has 0 heterocycles. The fourth-order valence-electron chi connectivity index (χ4n) is 5.34. The van der Waals surface area contributed by atoms with E-state index >= 15 is 0 Å². The zero-order chi connectivity index (χ0) is 24.2. The van der Waals surface area contributed by atoms with Gasteiger partial charge in [-0.2, -0.15) is 0 Å². The number of esters is 1. The third-order valence-electron chi connectivity index (χ3n) is 7.07. The molecule has 2 aliphatic carbocycles. The normalized spacial score (nSPS) is 22.7. The van der Waals surface area contributed by atoms with Crippen LogP contribution in [-0.4, -0.2) is 35.6 Å². The van der Waals surface area contributed by atoms with Crippen LogP contribution in [0.5, 0.6) is 0 Å². The van der Waals surface area contributed by atoms with Crippen LogP contribution in [0.1, 0.15) is 60.2 Å². The standard InChI is InChI=1S/C27H30FNO4S/c1-16(23-14-18-7-8-20(23)13-18)29-25(30)15-34-24-6-4-3-5-22(24)27(32)33-17(2)26(31)19-9-11-21(28)12-10-19/h3-6,9-12,16-18,20,23H,7-8,13-15H2,1-2H3,(H,29,30)/t16-,17-,18-,20-,23-/m0/s1. The number of amides is 1. The highest BCUT2D eigenvalue weighted by Crippen LogP contribution is 2.49. The summed E-state index contributed by atoms with van der Waals surface area (Å²) in [7, 11) is 0. The number of thioether (sulfide) groups is 1. The van der Waals surface area contributed by atoms with Gasteiger partial charge >= 0.3 is 5.97 Å². The van der Waals surface area contributed by atoms with Gasteiger partial charge in [0.1, 0.15) is 5.82 Å². The summed E-state index contributed by atoms with van der Waals surface area (Å²) >= 11 is 1.28. The number of rotatable bonds is 9.